The predicted octanol–water partition coefficient (Wildman–Crippen LogP) is 4.14. The number of hydrogen-bond donors (Lipinski definition) is 1. The Kier molecular flexibility index (Phi) is 6.68. The first kappa shape index (κ1) is 21.7. The Morgan fingerprint density at radius 3 is 2.46 bits per heavy atom. The Hall–Kier alpha value is -2.59. The molecule has 0 saturated heterocycles. The van der Waals surface area contributed by atoms with Gasteiger partial charge in [0.1, 0.15) is 6.54 Å². The van der Waals surface area contributed by atoms with Crippen LogP contribution in [0.15, 0.2) is 36.0 Å². The molecule has 1 N–H and O–H groups in total. The number of amides is 1. The van der Waals surface area contributed by atoms with E-state index in [0.29, 0.717) is 6.54 Å². The number of rotatable bonds is 3. The minimum atomic E-state index is -5.08. The molecule has 28 heavy (non-hydrogen) atoms. The van der Waals surface area contributed by atoms with Gasteiger partial charge in [-0.2, -0.15) is 13.2 Å². The van der Waals surface area contributed by atoms with Crippen molar-refractivity contribution >= 4 is 45.8 Å². The number of likely N-dealkylation sites (N-methyl/N-ethyl adjacent to an activating group) is 1. The van der Waals surface area contributed by atoms with Crippen molar-refractivity contribution in [2.45, 2.75) is 12.7 Å². The summed E-state index contributed by atoms with van der Waals surface area (Å²) in [6.45, 7) is 0.312. The summed E-state index contributed by atoms with van der Waals surface area (Å²) in [7, 11) is 3.51. The largest absolute Gasteiger partial charge is 0.490 e. The average Bonchev–Trinajstić information content (AvgIpc) is 3.20. The summed E-state index contributed by atoms with van der Waals surface area (Å²) in [5, 5.41) is 9.75. The van der Waals surface area contributed by atoms with E-state index in [0.717, 1.165) is 26.5 Å². The molecule has 0 radical (unpaired) electrons. The summed E-state index contributed by atoms with van der Waals surface area (Å²) in [4.78, 5) is 27.9. The first-order chi connectivity index (χ1) is 13.0. The monoisotopic (exact) mass is 433 g/mol. The van der Waals surface area contributed by atoms with Crippen LogP contribution in [-0.4, -0.2) is 51.7 Å². The van der Waals surface area contributed by atoms with E-state index in [1.807, 2.05) is 40.5 Å². The van der Waals surface area contributed by atoms with Gasteiger partial charge in [0, 0.05) is 42.3 Å². The van der Waals surface area contributed by atoms with Crippen molar-refractivity contribution in [3.8, 4) is 10.4 Å². The second kappa shape index (κ2) is 8.61. The van der Waals surface area contributed by atoms with Crippen LogP contribution < -0.4 is 0 Å². The number of carbonyl (C=O) groups excluding carboxylic acids is 1. The zero-order valence-corrected chi connectivity index (χ0v) is 16.3. The highest BCUT2D eigenvalue weighted by Gasteiger charge is 2.38. The predicted molar refractivity (Wildman–Crippen MR) is 100 cm³/mol. The molecule has 0 bridgehead atoms. The van der Waals surface area contributed by atoms with Gasteiger partial charge in [0.05, 0.1) is 16.1 Å². The number of carboxylic acid groups (broad SMARTS) is 1. The fraction of sp³-hybridized carbons (Fsp3) is 0.235. The number of aromatic nitrogens is 2. The summed E-state index contributed by atoms with van der Waals surface area (Å²) in [6.07, 6.45) is -1.35. The van der Waals surface area contributed by atoms with Gasteiger partial charge in [-0.3, -0.25) is 9.78 Å². The van der Waals surface area contributed by atoms with E-state index in [-0.39, 0.29) is 5.91 Å². The summed E-state index contributed by atoms with van der Waals surface area (Å²) >= 11 is 7.56. The summed E-state index contributed by atoms with van der Waals surface area (Å²) in [6, 6.07) is 5.89. The molecule has 1 amide bonds. The van der Waals surface area contributed by atoms with Gasteiger partial charge in [-0.25, -0.2) is 4.79 Å². The van der Waals surface area contributed by atoms with Gasteiger partial charge in [0.2, 0.25) is 5.91 Å². The van der Waals surface area contributed by atoms with Gasteiger partial charge in [-0.15, -0.1) is 11.3 Å². The Morgan fingerprint density at radius 1 is 1.32 bits per heavy atom. The van der Waals surface area contributed by atoms with Crippen LogP contribution >= 0.6 is 22.9 Å². The maximum absolute atomic E-state index is 11.9. The van der Waals surface area contributed by atoms with Gasteiger partial charge >= 0.3 is 12.1 Å². The number of thiophene rings is 1. The molecule has 3 aromatic rings. The maximum atomic E-state index is 11.9. The third kappa shape index (κ3) is 5.46. The van der Waals surface area contributed by atoms with Crippen LogP contribution in [0.5, 0.6) is 0 Å². The summed E-state index contributed by atoms with van der Waals surface area (Å²) in [5.74, 6) is -2.70. The molecule has 11 heteroatoms. The number of nitrogens with zero attached hydrogens (tertiary/aromatic N) is 3. The molecule has 0 unspecified atom stereocenters. The van der Waals surface area contributed by atoms with Crippen LogP contribution in [-0.2, 0) is 16.1 Å². The van der Waals surface area contributed by atoms with E-state index in [4.69, 9.17) is 21.5 Å². The highest BCUT2D eigenvalue weighted by atomic mass is 35.5. The molecule has 0 fully saturated rings. The summed E-state index contributed by atoms with van der Waals surface area (Å²) < 4.78 is 33.7. The maximum Gasteiger partial charge on any atom is 0.490 e. The van der Waals surface area contributed by atoms with Crippen LogP contribution in [0.3, 0.4) is 0 Å². The quantitative estimate of drug-likeness (QED) is 0.673. The SMILES string of the molecule is CN(C)C(=O)Cn1ccc2ncc(-c3cc(Cl)cs3)cc21.O=C(O)C(F)(F)F. The molecule has 3 rings (SSSR count). The molecular formula is C17H15ClF3N3O3S. The molecule has 3 aromatic heterocycles. The smallest absolute Gasteiger partial charge is 0.475 e. The van der Waals surface area contributed by atoms with Crippen LogP contribution in [0.4, 0.5) is 13.2 Å². The first-order valence-corrected chi connectivity index (χ1v) is 8.94. The molecule has 0 atom stereocenters. The van der Waals surface area contributed by atoms with E-state index in [1.54, 1.807) is 30.3 Å². The number of alkyl halides is 3. The third-order valence-electron chi connectivity index (χ3n) is 3.52. The molecule has 150 valence electrons. The number of aliphatic carboxylic acids is 1. The second-order valence-corrected chi connectivity index (χ2v) is 7.14. The number of fused-ring (bicyclic) bond motifs is 1. The Bertz CT molecular complexity index is 998. The summed E-state index contributed by atoms with van der Waals surface area (Å²) in [5.41, 5.74) is 2.84. The zero-order valence-electron chi connectivity index (χ0n) is 14.7. The van der Waals surface area contributed by atoms with E-state index in [1.165, 1.54) is 0 Å². The molecule has 0 aliphatic heterocycles. The topological polar surface area (TPSA) is 75.4 Å². The molecule has 0 saturated carbocycles. The van der Waals surface area contributed by atoms with E-state index >= 15 is 0 Å². The van der Waals surface area contributed by atoms with Crippen LogP contribution in [0.25, 0.3) is 21.5 Å². The standard InChI is InChI=1S/C15H14ClN3OS.C2HF3O2/c1-18(2)15(20)8-19-4-3-12-13(19)5-10(7-17-12)14-6-11(16)9-21-14;3-2(4,5)1(6)7/h3-7,9H,8H2,1-2H3;(H,6,7). The van der Waals surface area contributed by atoms with Crippen molar-refractivity contribution in [3.63, 3.8) is 0 Å². The number of carboxylic acids is 1. The highest BCUT2D eigenvalue weighted by Crippen LogP contribution is 2.31. The van der Waals surface area contributed by atoms with E-state index < -0.39 is 12.1 Å². The minimum absolute atomic E-state index is 0.0528. The number of hydrogen-bond acceptors (Lipinski definition) is 4. The van der Waals surface area contributed by atoms with Crippen molar-refractivity contribution in [1.29, 1.82) is 0 Å². The third-order valence-corrected chi connectivity index (χ3v) is 4.84. The van der Waals surface area contributed by atoms with Crippen molar-refractivity contribution in [2.75, 3.05) is 14.1 Å². The molecule has 0 aromatic carbocycles. The van der Waals surface area contributed by atoms with Crippen molar-refractivity contribution in [1.82, 2.24) is 14.5 Å². The lowest BCUT2D eigenvalue weighted by molar-refractivity contribution is -0.192. The fourth-order valence-corrected chi connectivity index (χ4v) is 3.15. The van der Waals surface area contributed by atoms with Gasteiger partial charge in [-0.05, 0) is 18.2 Å². The molecule has 0 aliphatic rings. The molecule has 0 spiro atoms. The van der Waals surface area contributed by atoms with Gasteiger partial charge in [0.15, 0.2) is 0 Å². The Morgan fingerprint density at radius 2 is 1.96 bits per heavy atom. The molecular weight excluding hydrogens is 419 g/mol. The lowest BCUT2D eigenvalue weighted by atomic mass is 10.2. The number of carbonyl (C=O) groups is 2. The van der Waals surface area contributed by atoms with Gasteiger partial charge in [-0.1, -0.05) is 11.6 Å². The average molecular weight is 434 g/mol. The normalized spacial score (nSPS) is 11.1. The Labute approximate surface area is 166 Å². The van der Waals surface area contributed by atoms with Crippen LogP contribution in [0.2, 0.25) is 5.02 Å². The molecule has 0 aliphatic carbocycles. The van der Waals surface area contributed by atoms with Crippen LogP contribution in [0.1, 0.15) is 0 Å². The fourth-order valence-electron chi connectivity index (χ4n) is 2.09. The lowest BCUT2D eigenvalue weighted by Crippen LogP contribution is -2.25. The van der Waals surface area contributed by atoms with E-state index in [2.05, 4.69) is 4.98 Å². The zero-order chi connectivity index (χ0) is 21.1. The molecule has 6 nitrogen and oxygen atoms in total. The van der Waals surface area contributed by atoms with Crippen LogP contribution in [0, 0.1) is 0 Å². The van der Waals surface area contributed by atoms with Crippen molar-refractivity contribution < 1.29 is 27.9 Å². The lowest BCUT2D eigenvalue weighted by Gasteiger charge is -2.11. The Balaban J connectivity index is 0.000000345. The van der Waals surface area contributed by atoms with Gasteiger partial charge < -0.3 is 14.6 Å². The minimum Gasteiger partial charge on any atom is -0.475 e. The van der Waals surface area contributed by atoms with Crippen molar-refractivity contribution in [2.24, 2.45) is 0 Å². The molecule has 3 heterocycles. The number of halogens is 4. The van der Waals surface area contributed by atoms with Gasteiger partial charge in [0.25, 0.3) is 0 Å². The highest BCUT2D eigenvalue weighted by molar-refractivity contribution is 7.14. The number of pyridine rings is 1. The van der Waals surface area contributed by atoms with Crippen molar-refractivity contribution in [3.05, 3.63) is 41.0 Å². The second-order valence-electron chi connectivity index (χ2n) is 5.79. The van der Waals surface area contributed by atoms with E-state index in [9.17, 15) is 18.0 Å². The first-order valence-electron chi connectivity index (χ1n) is 7.68.